The van der Waals surface area contributed by atoms with Gasteiger partial charge < -0.3 is 14.2 Å². The van der Waals surface area contributed by atoms with Gasteiger partial charge in [-0.3, -0.25) is 0 Å². The molecule has 0 amide bonds. The van der Waals surface area contributed by atoms with Gasteiger partial charge in [-0.25, -0.2) is 0 Å². The van der Waals surface area contributed by atoms with Crippen molar-refractivity contribution < 1.29 is 14.2 Å². The Hall–Kier alpha value is -2.45. The van der Waals surface area contributed by atoms with Gasteiger partial charge in [-0.1, -0.05) is 135 Å². The molecule has 0 fully saturated rings. The van der Waals surface area contributed by atoms with Gasteiger partial charge in [0.15, 0.2) is 0 Å². The smallest absolute Gasteiger partial charge is 0.118 e. The summed E-state index contributed by atoms with van der Waals surface area (Å²) in [6, 6.07) is 25.9. The molecule has 0 radical (unpaired) electrons. The van der Waals surface area contributed by atoms with E-state index >= 15 is 0 Å². The minimum Gasteiger partial charge on any atom is -0.497 e. The summed E-state index contributed by atoms with van der Waals surface area (Å²) in [5, 5.41) is 0. The van der Waals surface area contributed by atoms with Gasteiger partial charge in [0, 0.05) is 7.26 Å². The monoisotopic (exact) mass is 705 g/mol. The van der Waals surface area contributed by atoms with Crippen molar-refractivity contribution in [2.24, 2.45) is 0 Å². The lowest BCUT2D eigenvalue weighted by Gasteiger charge is -2.43. The van der Waals surface area contributed by atoms with Crippen LogP contribution in [0.25, 0.3) is 0 Å². The van der Waals surface area contributed by atoms with Gasteiger partial charge >= 0.3 is 0 Å². The minimum atomic E-state index is -1.17. The van der Waals surface area contributed by atoms with Gasteiger partial charge in [-0.2, -0.15) is 22.7 Å². The number of hydrogen-bond donors (Lipinski definition) is 0. The van der Waals surface area contributed by atoms with E-state index in [0.29, 0.717) is 0 Å². The second-order valence-electron chi connectivity index (χ2n) is 14.6. The maximum Gasteiger partial charge on any atom is 0.118 e. The molecule has 0 N–H and O–H groups in total. The number of methoxy groups -OCH3 is 3. The summed E-state index contributed by atoms with van der Waals surface area (Å²) in [7, 11) is 4.59. The maximum atomic E-state index is 5.46. The highest BCUT2D eigenvalue weighted by Crippen LogP contribution is 2.61. The fourth-order valence-electron chi connectivity index (χ4n) is 7.75. The average Bonchev–Trinajstić information content (AvgIpc) is 3.17. The Bertz CT molecular complexity index is 1090. The Morgan fingerprint density at radius 1 is 0.380 bits per heavy atom. The van der Waals surface area contributed by atoms with Crippen molar-refractivity contribution in [2.75, 3.05) is 46.0 Å². The fourth-order valence-corrected chi connectivity index (χ4v) is 13.0. The molecule has 3 rings (SSSR count). The first kappa shape index (κ1) is 43.7. The van der Waals surface area contributed by atoms with E-state index in [-0.39, 0.29) is 0 Å². The molecule has 50 heavy (non-hydrogen) atoms. The SMILES string of the molecule is CCCCCCCC[B-](c1ccc(OC)cc1)(c1ccc(OC)cc1)c1ccc(OC)cc1.CCCC[P+](CCCC)(CCCC)CCCC. The van der Waals surface area contributed by atoms with Crippen LogP contribution in [-0.2, 0) is 0 Å². The minimum absolute atomic E-state index is 0.562. The molecule has 0 aliphatic heterocycles. The first-order valence-corrected chi connectivity index (χ1v) is 22.9. The molecule has 5 heteroatoms. The lowest BCUT2D eigenvalue weighted by atomic mass is 9.14. The molecule has 3 aromatic carbocycles. The molecule has 280 valence electrons. The Morgan fingerprint density at radius 3 is 0.940 bits per heavy atom. The third kappa shape index (κ3) is 13.9. The normalized spacial score (nSPS) is 11.5. The average molecular weight is 705 g/mol. The van der Waals surface area contributed by atoms with Crippen molar-refractivity contribution in [2.45, 2.75) is 131 Å². The first-order valence-electron chi connectivity index (χ1n) is 20.4. The Balaban J connectivity index is 0.000000432. The van der Waals surface area contributed by atoms with Gasteiger partial charge in [0.25, 0.3) is 0 Å². The molecule has 0 aliphatic rings. The maximum absolute atomic E-state index is 5.46. The van der Waals surface area contributed by atoms with Crippen molar-refractivity contribution in [3.05, 3.63) is 72.8 Å². The third-order valence-electron chi connectivity index (χ3n) is 11.0. The molecular weight excluding hydrogens is 630 g/mol. The summed E-state index contributed by atoms with van der Waals surface area (Å²) in [5.74, 6) is 2.65. The number of benzene rings is 3. The van der Waals surface area contributed by atoms with E-state index in [1.807, 2.05) is 0 Å². The Kier molecular flexibility index (Phi) is 22.3. The van der Waals surface area contributed by atoms with Crippen LogP contribution in [0.2, 0.25) is 6.32 Å². The summed E-state index contributed by atoms with van der Waals surface area (Å²) in [4.78, 5) is 0. The summed E-state index contributed by atoms with van der Waals surface area (Å²) in [6.07, 6.45) is 25.5. The highest BCUT2D eigenvalue weighted by molar-refractivity contribution is 7.75. The second kappa shape index (κ2) is 25.5. The van der Waals surface area contributed by atoms with E-state index in [0.717, 1.165) is 23.6 Å². The van der Waals surface area contributed by atoms with E-state index in [1.54, 1.807) is 46.0 Å². The van der Waals surface area contributed by atoms with Crippen molar-refractivity contribution in [3.63, 3.8) is 0 Å². The van der Waals surface area contributed by atoms with Crippen LogP contribution in [0.3, 0.4) is 0 Å². The molecular formula is C45H74BO3P. The second-order valence-corrected chi connectivity index (χ2v) is 19.0. The molecule has 0 saturated carbocycles. The van der Waals surface area contributed by atoms with Crippen LogP contribution in [0.15, 0.2) is 72.8 Å². The predicted molar refractivity (Wildman–Crippen MR) is 228 cm³/mol. The van der Waals surface area contributed by atoms with Crippen LogP contribution in [0.5, 0.6) is 17.2 Å². The number of rotatable bonds is 25. The van der Waals surface area contributed by atoms with Gasteiger partial charge in [0.2, 0.25) is 0 Å². The van der Waals surface area contributed by atoms with Crippen LogP contribution >= 0.6 is 7.26 Å². The predicted octanol–water partition coefficient (Wildman–Crippen LogP) is 11.7. The molecule has 0 unspecified atom stereocenters. The number of hydrogen-bond acceptors (Lipinski definition) is 3. The van der Waals surface area contributed by atoms with E-state index in [1.165, 1.54) is 106 Å². The summed E-state index contributed by atoms with van der Waals surface area (Å²) in [5.41, 5.74) is 4.00. The van der Waals surface area contributed by atoms with Crippen LogP contribution in [0.4, 0.5) is 0 Å². The zero-order chi connectivity index (χ0) is 36.5. The first-order chi connectivity index (χ1) is 24.4. The molecule has 0 atom stereocenters. The van der Waals surface area contributed by atoms with E-state index in [9.17, 15) is 0 Å². The van der Waals surface area contributed by atoms with E-state index in [4.69, 9.17) is 14.2 Å². The Morgan fingerprint density at radius 2 is 0.660 bits per heavy atom. The number of ether oxygens (including phenoxy) is 3. The molecule has 0 heterocycles. The standard InChI is InChI=1S/C29H38BO3.C16H36P/c1-5-6-7-8-9-10-23-30(24-11-17-27(31-2)18-12-24,25-13-19-28(32-3)20-14-25)26-15-21-29(33-4)22-16-26;1-5-9-13-17(14-10-6-2,15-11-7-3)16-12-8-4/h11-22H,5-10,23H2,1-4H3;5-16H2,1-4H3/q-1;+1. The number of unbranched alkanes of at least 4 members (excludes halogenated alkanes) is 9. The lowest BCUT2D eigenvalue weighted by molar-refractivity contribution is 0.415. The molecule has 0 spiro atoms. The molecule has 0 aromatic heterocycles. The molecule has 0 saturated heterocycles. The molecule has 3 aromatic rings. The summed E-state index contributed by atoms with van der Waals surface area (Å²) < 4.78 is 16.4. The van der Waals surface area contributed by atoms with Crippen LogP contribution in [0.1, 0.15) is 125 Å². The van der Waals surface area contributed by atoms with Crippen molar-refractivity contribution in [3.8, 4) is 17.2 Å². The third-order valence-corrected chi connectivity index (χ3v) is 16.0. The quantitative estimate of drug-likeness (QED) is 0.0499. The van der Waals surface area contributed by atoms with Crippen molar-refractivity contribution in [1.82, 2.24) is 0 Å². The highest BCUT2D eigenvalue weighted by Gasteiger charge is 2.34. The fraction of sp³-hybridized carbons (Fsp3) is 0.600. The zero-order valence-electron chi connectivity index (χ0n) is 33.6. The van der Waals surface area contributed by atoms with Gasteiger partial charge in [0.05, 0.1) is 52.1 Å². The van der Waals surface area contributed by atoms with Crippen LogP contribution in [0, 0.1) is 0 Å². The van der Waals surface area contributed by atoms with Crippen LogP contribution < -0.4 is 30.6 Å². The van der Waals surface area contributed by atoms with E-state index < -0.39 is 13.4 Å². The van der Waals surface area contributed by atoms with Gasteiger partial charge in [-0.05, 0) is 62.1 Å². The summed E-state index contributed by atoms with van der Waals surface area (Å²) in [6.45, 7) is 11.7. The van der Waals surface area contributed by atoms with Crippen LogP contribution in [-0.4, -0.2) is 52.1 Å². The van der Waals surface area contributed by atoms with Crippen molar-refractivity contribution in [1.29, 1.82) is 0 Å². The largest absolute Gasteiger partial charge is 0.497 e. The summed E-state index contributed by atoms with van der Waals surface area (Å²) >= 11 is 0. The Labute approximate surface area is 309 Å². The highest BCUT2D eigenvalue weighted by atomic mass is 31.2. The van der Waals surface area contributed by atoms with Gasteiger partial charge in [-0.15, -0.1) is 0 Å². The topological polar surface area (TPSA) is 27.7 Å². The van der Waals surface area contributed by atoms with Gasteiger partial charge in [0.1, 0.15) is 17.2 Å². The molecule has 0 bridgehead atoms. The molecule has 0 aliphatic carbocycles. The lowest BCUT2D eigenvalue weighted by Crippen LogP contribution is -2.66. The van der Waals surface area contributed by atoms with Crippen molar-refractivity contribution >= 4 is 29.8 Å². The molecule has 3 nitrogen and oxygen atoms in total. The zero-order valence-corrected chi connectivity index (χ0v) is 34.5. The van der Waals surface area contributed by atoms with E-state index in [2.05, 4.69) is 107 Å².